The van der Waals surface area contributed by atoms with E-state index in [0.717, 1.165) is 18.6 Å². The molecule has 1 unspecified atom stereocenters. The summed E-state index contributed by atoms with van der Waals surface area (Å²) < 4.78 is 5.18. The maximum atomic E-state index is 11.0. The Hall–Kier alpha value is -0.990. The van der Waals surface area contributed by atoms with Gasteiger partial charge in [-0.3, -0.25) is 4.98 Å². The van der Waals surface area contributed by atoms with E-state index in [4.69, 9.17) is 4.42 Å². The predicted octanol–water partition coefficient (Wildman–Crippen LogP) is 6.16. The smallest absolute Gasteiger partial charge is 0.413 e. The van der Waals surface area contributed by atoms with Gasteiger partial charge >= 0.3 is 5.76 Å². The van der Waals surface area contributed by atoms with Crippen LogP contribution in [0.3, 0.4) is 0 Å². The van der Waals surface area contributed by atoms with Crippen LogP contribution in [0.4, 0.5) is 0 Å². The van der Waals surface area contributed by atoms with E-state index in [1.165, 1.54) is 70.6 Å². The molecule has 3 nitrogen and oxygen atoms in total. The molecule has 3 heteroatoms. The van der Waals surface area contributed by atoms with Gasteiger partial charge in [-0.15, -0.1) is 0 Å². The van der Waals surface area contributed by atoms with Crippen molar-refractivity contribution in [2.24, 2.45) is 0 Å². The Morgan fingerprint density at radius 3 is 1.91 bits per heavy atom. The first-order valence-corrected chi connectivity index (χ1v) is 9.46. The van der Waals surface area contributed by atoms with Crippen LogP contribution in [0.1, 0.15) is 109 Å². The van der Waals surface area contributed by atoms with E-state index in [1.807, 2.05) is 0 Å². The van der Waals surface area contributed by atoms with Gasteiger partial charge in [-0.1, -0.05) is 84.5 Å². The largest absolute Gasteiger partial charge is 0.416 e. The zero-order valence-electron chi connectivity index (χ0n) is 14.7. The van der Waals surface area contributed by atoms with Gasteiger partial charge in [0.25, 0.3) is 0 Å². The minimum absolute atomic E-state index is 0.326. The zero-order chi connectivity index (χ0) is 16.0. The van der Waals surface area contributed by atoms with Crippen molar-refractivity contribution in [1.82, 2.24) is 4.98 Å². The lowest BCUT2D eigenvalue weighted by atomic mass is 9.96. The second kappa shape index (κ2) is 12.5. The van der Waals surface area contributed by atoms with Crippen LogP contribution in [-0.4, -0.2) is 4.98 Å². The summed E-state index contributed by atoms with van der Waals surface area (Å²) in [6.45, 7) is 4.43. The number of unbranched alkanes of at least 4 members (excludes halogenated alkanes) is 10. The molecule has 0 saturated carbocycles. The normalized spacial score (nSPS) is 12.6. The summed E-state index contributed by atoms with van der Waals surface area (Å²) in [6.07, 6.45) is 19.0. The van der Waals surface area contributed by atoms with Crippen LogP contribution in [0.5, 0.6) is 0 Å². The van der Waals surface area contributed by atoms with Gasteiger partial charge in [0.2, 0.25) is 0 Å². The standard InChI is InChI=1S/C19H35NO2/c1-3-5-6-7-8-9-10-11-12-13-14-15-17(4-2)18-16-20-19(21)22-18/h16-17H,3-15H2,1-2H3,(H,20,21). The Balaban J connectivity index is 1.95. The quantitative estimate of drug-likeness (QED) is 0.418. The SMILES string of the molecule is CCCCCCCCCCCCCC(CC)c1c[nH]c(=O)o1. The van der Waals surface area contributed by atoms with Gasteiger partial charge in [0.05, 0.1) is 0 Å². The third kappa shape index (κ3) is 8.45. The maximum Gasteiger partial charge on any atom is 0.416 e. The van der Waals surface area contributed by atoms with Crippen molar-refractivity contribution in [2.75, 3.05) is 0 Å². The average molecular weight is 309 g/mol. The van der Waals surface area contributed by atoms with Gasteiger partial charge < -0.3 is 4.42 Å². The van der Waals surface area contributed by atoms with Crippen LogP contribution >= 0.6 is 0 Å². The molecule has 0 bridgehead atoms. The van der Waals surface area contributed by atoms with Gasteiger partial charge in [-0.25, -0.2) is 4.79 Å². The van der Waals surface area contributed by atoms with Gasteiger partial charge in [-0.2, -0.15) is 0 Å². The van der Waals surface area contributed by atoms with Crippen molar-refractivity contribution in [3.05, 3.63) is 22.5 Å². The molecule has 0 aliphatic carbocycles. The highest BCUT2D eigenvalue weighted by Crippen LogP contribution is 2.24. The molecule has 22 heavy (non-hydrogen) atoms. The summed E-state index contributed by atoms with van der Waals surface area (Å²) in [6, 6.07) is 0. The number of aromatic nitrogens is 1. The Bertz CT molecular complexity index is 408. The van der Waals surface area contributed by atoms with Crippen LogP contribution in [0, 0.1) is 0 Å². The average Bonchev–Trinajstić information content (AvgIpc) is 2.95. The fourth-order valence-corrected chi connectivity index (χ4v) is 3.10. The van der Waals surface area contributed by atoms with Crippen LogP contribution < -0.4 is 5.76 Å². The highest BCUT2D eigenvalue weighted by Gasteiger charge is 2.13. The molecule has 1 rings (SSSR count). The first-order valence-electron chi connectivity index (χ1n) is 9.46. The molecule has 1 atom stereocenters. The second-order valence-corrected chi connectivity index (χ2v) is 6.51. The van der Waals surface area contributed by atoms with Crippen molar-refractivity contribution in [1.29, 1.82) is 0 Å². The second-order valence-electron chi connectivity index (χ2n) is 6.51. The molecule has 1 aromatic heterocycles. The zero-order valence-corrected chi connectivity index (χ0v) is 14.7. The highest BCUT2D eigenvalue weighted by atomic mass is 16.4. The Kier molecular flexibility index (Phi) is 10.9. The van der Waals surface area contributed by atoms with Gasteiger partial charge in [-0.05, 0) is 12.8 Å². The summed E-state index contributed by atoms with van der Waals surface area (Å²) >= 11 is 0. The van der Waals surface area contributed by atoms with Crippen molar-refractivity contribution in [3.8, 4) is 0 Å². The summed E-state index contributed by atoms with van der Waals surface area (Å²) in [5.41, 5.74) is 0. The number of oxazole rings is 1. The van der Waals surface area contributed by atoms with E-state index in [9.17, 15) is 4.79 Å². The van der Waals surface area contributed by atoms with Crippen molar-refractivity contribution in [3.63, 3.8) is 0 Å². The summed E-state index contributed by atoms with van der Waals surface area (Å²) in [5.74, 6) is 0.907. The summed E-state index contributed by atoms with van der Waals surface area (Å²) in [7, 11) is 0. The Morgan fingerprint density at radius 2 is 1.45 bits per heavy atom. The molecular formula is C19H35NO2. The lowest BCUT2D eigenvalue weighted by Gasteiger charge is -2.10. The number of hydrogen-bond acceptors (Lipinski definition) is 2. The number of H-pyrrole nitrogens is 1. The van der Waals surface area contributed by atoms with Gasteiger partial charge in [0.15, 0.2) is 0 Å². The number of hydrogen-bond donors (Lipinski definition) is 1. The molecule has 128 valence electrons. The lowest BCUT2D eigenvalue weighted by molar-refractivity contribution is 0.404. The molecule has 0 aliphatic heterocycles. The molecule has 0 spiro atoms. The van der Waals surface area contributed by atoms with E-state index < -0.39 is 0 Å². The predicted molar refractivity (Wildman–Crippen MR) is 93.4 cm³/mol. The first-order chi connectivity index (χ1) is 10.8. The molecule has 0 amide bonds. The fraction of sp³-hybridized carbons (Fsp3) is 0.842. The molecule has 0 radical (unpaired) electrons. The third-order valence-corrected chi connectivity index (χ3v) is 4.59. The molecular weight excluding hydrogens is 274 g/mol. The van der Waals surface area contributed by atoms with E-state index in [1.54, 1.807) is 6.20 Å². The third-order valence-electron chi connectivity index (χ3n) is 4.59. The summed E-state index contributed by atoms with van der Waals surface area (Å²) in [5, 5.41) is 0. The van der Waals surface area contributed by atoms with Crippen LogP contribution in [0.25, 0.3) is 0 Å². The molecule has 0 aromatic carbocycles. The van der Waals surface area contributed by atoms with Crippen LogP contribution in [0.2, 0.25) is 0 Å². The molecule has 1 heterocycles. The monoisotopic (exact) mass is 309 g/mol. The van der Waals surface area contributed by atoms with E-state index in [0.29, 0.717) is 5.92 Å². The first kappa shape index (κ1) is 19.1. The number of aromatic amines is 1. The van der Waals surface area contributed by atoms with Crippen molar-refractivity contribution < 1.29 is 4.42 Å². The van der Waals surface area contributed by atoms with E-state index in [2.05, 4.69) is 18.8 Å². The molecule has 0 aliphatic rings. The molecule has 0 fully saturated rings. The topological polar surface area (TPSA) is 46.0 Å². The Morgan fingerprint density at radius 1 is 0.909 bits per heavy atom. The molecule has 1 N–H and O–H groups in total. The highest BCUT2D eigenvalue weighted by molar-refractivity contribution is 4.98. The minimum Gasteiger partial charge on any atom is -0.413 e. The number of rotatable bonds is 14. The number of nitrogens with one attached hydrogen (secondary N) is 1. The van der Waals surface area contributed by atoms with Crippen LogP contribution in [0.15, 0.2) is 15.4 Å². The van der Waals surface area contributed by atoms with Crippen LogP contribution in [-0.2, 0) is 0 Å². The Labute approximate surface area is 135 Å². The molecule has 1 aromatic rings. The van der Waals surface area contributed by atoms with Crippen molar-refractivity contribution in [2.45, 2.75) is 103 Å². The maximum absolute atomic E-state index is 11.0. The van der Waals surface area contributed by atoms with E-state index >= 15 is 0 Å². The fourth-order valence-electron chi connectivity index (χ4n) is 3.10. The minimum atomic E-state index is -0.326. The summed E-state index contributed by atoms with van der Waals surface area (Å²) in [4.78, 5) is 13.7. The lowest BCUT2D eigenvalue weighted by Crippen LogP contribution is -1.97. The van der Waals surface area contributed by atoms with Gasteiger partial charge in [0, 0.05) is 12.1 Å². The molecule has 0 saturated heterocycles. The van der Waals surface area contributed by atoms with Gasteiger partial charge in [0.1, 0.15) is 5.76 Å². The van der Waals surface area contributed by atoms with E-state index in [-0.39, 0.29) is 5.76 Å². The van der Waals surface area contributed by atoms with Crippen molar-refractivity contribution >= 4 is 0 Å².